The lowest BCUT2D eigenvalue weighted by Gasteiger charge is -2.29. The standard InChI is InChI=1S/C42H27NO/c1-2-13-30(14-3-1)33-23-12-26-40-41(33)36-27-39(34-21-8-9-22-35(34)42(36)44-40)43(37-24-10-17-28-15-4-6-19-31(28)37)38-25-11-18-29-16-5-7-20-32(29)38/h1-27H. The van der Waals surface area contributed by atoms with Gasteiger partial charge in [0.1, 0.15) is 11.2 Å². The second-order valence-electron chi connectivity index (χ2n) is 11.3. The number of nitrogens with zero attached hydrogens (tertiary/aromatic N) is 1. The minimum absolute atomic E-state index is 0.894. The molecule has 1 heterocycles. The summed E-state index contributed by atoms with van der Waals surface area (Å²) >= 11 is 0. The van der Waals surface area contributed by atoms with Gasteiger partial charge in [0.25, 0.3) is 0 Å². The van der Waals surface area contributed by atoms with E-state index in [0.717, 1.165) is 49.8 Å². The van der Waals surface area contributed by atoms with Crippen molar-refractivity contribution >= 4 is 71.3 Å². The summed E-state index contributed by atoms with van der Waals surface area (Å²) in [6.45, 7) is 0. The molecule has 0 aliphatic rings. The van der Waals surface area contributed by atoms with Gasteiger partial charge in [0.05, 0.1) is 17.1 Å². The Morgan fingerprint density at radius 2 is 0.932 bits per heavy atom. The van der Waals surface area contributed by atoms with Crippen molar-refractivity contribution in [3.8, 4) is 11.1 Å². The number of furan rings is 1. The average Bonchev–Trinajstić information content (AvgIpc) is 3.48. The van der Waals surface area contributed by atoms with Crippen LogP contribution in [0.2, 0.25) is 0 Å². The van der Waals surface area contributed by atoms with Crippen LogP contribution in [-0.2, 0) is 0 Å². The topological polar surface area (TPSA) is 16.4 Å². The summed E-state index contributed by atoms with van der Waals surface area (Å²) in [5.74, 6) is 0. The maximum atomic E-state index is 6.70. The molecule has 0 saturated carbocycles. The molecule has 8 aromatic carbocycles. The number of benzene rings is 8. The molecular formula is C42H27NO. The SMILES string of the molecule is c1ccc(-c2cccc3oc4c5ccccc5c(N(c5cccc6ccccc56)c5cccc6ccccc56)cc4c23)cc1. The first-order valence-electron chi connectivity index (χ1n) is 15.0. The molecule has 1 aromatic heterocycles. The lowest BCUT2D eigenvalue weighted by molar-refractivity contribution is 0.673. The number of fused-ring (bicyclic) bond motifs is 7. The minimum Gasteiger partial charge on any atom is -0.455 e. The lowest BCUT2D eigenvalue weighted by Crippen LogP contribution is -2.11. The quantitative estimate of drug-likeness (QED) is 0.212. The predicted octanol–water partition coefficient (Wildman–Crippen LogP) is 12.2. The molecule has 2 nitrogen and oxygen atoms in total. The van der Waals surface area contributed by atoms with Gasteiger partial charge in [-0.25, -0.2) is 0 Å². The maximum absolute atomic E-state index is 6.70. The molecule has 0 radical (unpaired) electrons. The van der Waals surface area contributed by atoms with Gasteiger partial charge in [0.2, 0.25) is 0 Å². The number of rotatable bonds is 4. The number of anilines is 3. The van der Waals surface area contributed by atoms with Crippen LogP contribution < -0.4 is 4.90 Å². The highest BCUT2D eigenvalue weighted by molar-refractivity contribution is 6.23. The minimum atomic E-state index is 0.894. The Labute approximate surface area is 255 Å². The third-order valence-corrected chi connectivity index (χ3v) is 8.82. The van der Waals surface area contributed by atoms with Gasteiger partial charge in [-0.3, -0.25) is 0 Å². The molecule has 206 valence electrons. The fourth-order valence-corrected chi connectivity index (χ4v) is 6.87. The number of hydrogen-bond donors (Lipinski definition) is 0. The molecule has 0 saturated heterocycles. The lowest BCUT2D eigenvalue weighted by atomic mass is 9.96. The molecule has 0 atom stereocenters. The fraction of sp³-hybridized carbons (Fsp3) is 0. The van der Waals surface area contributed by atoms with E-state index >= 15 is 0 Å². The smallest absolute Gasteiger partial charge is 0.143 e. The van der Waals surface area contributed by atoms with E-state index in [-0.39, 0.29) is 0 Å². The first-order valence-corrected chi connectivity index (χ1v) is 15.0. The Bertz CT molecular complexity index is 2420. The van der Waals surface area contributed by atoms with Crippen LogP contribution in [0.3, 0.4) is 0 Å². The Balaban J connectivity index is 1.45. The molecule has 0 unspecified atom stereocenters. The van der Waals surface area contributed by atoms with Gasteiger partial charge < -0.3 is 9.32 Å². The van der Waals surface area contributed by atoms with Crippen LogP contribution in [0, 0.1) is 0 Å². The van der Waals surface area contributed by atoms with Gasteiger partial charge in [0, 0.05) is 32.3 Å². The van der Waals surface area contributed by atoms with E-state index in [2.05, 4.69) is 169 Å². The van der Waals surface area contributed by atoms with Crippen LogP contribution in [0.1, 0.15) is 0 Å². The van der Waals surface area contributed by atoms with Crippen molar-refractivity contribution in [1.82, 2.24) is 0 Å². The maximum Gasteiger partial charge on any atom is 0.143 e. The molecule has 0 aliphatic heterocycles. The largest absolute Gasteiger partial charge is 0.455 e. The first kappa shape index (κ1) is 24.7. The van der Waals surface area contributed by atoms with Crippen molar-refractivity contribution in [2.45, 2.75) is 0 Å². The van der Waals surface area contributed by atoms with E-state index in [1.54, 1.807) is 0 Å². The van der Waals surface area contributed by atoms with Crippen molar-refractivity contribution in [3.05, 3.63) is 164 Å². The van der Waals surface area contributed by atoms with E-state index in [4.69, 9.17) is 4.42 Å². The van der Waals surface area contributed by atoms with Crippen LogP contribution in [0.4, 0.5) is 17.1 Å². The van der Waals surface area contributed by atoms with Gasteiger partial charge in [-0.2, -0.15) is 0 Å². The summed E-state index contributed by atoms with van der Waals surface area (Å²) in [6.07, 6.45) is 0. The zero-order chi connectivity index (χ0) is 29.0. The highest BCUT2D eigenvalue weighted by Gasteiger charge is 2.23. The normalized spacial score (nSPS) is 11.6. The zero-order valence-corrected chi connectivity index (χ0v) is 23.9. The van der Waals surface area contributed by atoms with Crippen molar-refractivity contribution in [2.24, 2.45) is 0 Å². The Morgan fingerprint density at radius 3 is 1.61 bits per heavy atom. The van der Waals surface area contributed by atoms with Crippen LogP contribution in [0.5, 0.6) is 0 Å². The van der Waals surface area contributed by atoms with E-state index in [0.29, 0.717) is 0 Å². The third-order valence-electron chi connectivity index (χ3n) is 8.82. The highest BCUT2D eigenvalue weighted by Crippen LogP contribution is 2.48. The first-order chi connectivity index (χ1) is 21.8. The summed E-state index contributed by atoms with van der Waals surface area (Å²) < 4.78 is 6.70. The average molecular weight is 562 g/mol. The molecule has 2 heteroatoms. The molecular weight excluding hydrogens is 534 g/mol. The molecule has 0 spiro atoms. The Hall–Kier alpha value is -5.86. The van der Waals surface area contributed by atoms with E-state index < -0.39 is 0 Å². The summed E-state index contributed by atoms with van der Waals surface area (Å²) in [5.41, 5.74) is 7.55. The van der Waals surface area contributed by atoms with Gasteiger partial charge in [-0.15, -0.1) is 0 Å². The summed E-state index contributed by atoms with van der Waals surface area (Å²) in [6, 6.07) is 58.5. The predicted molar refractivity (Wildman–Crippen MR) is 186 cm³/mol. The van der Waals surface area contributed by atoms with E-state index in [9.17, 15) is 0 Å². The summed E-state index contributed by atoms with van der Waals surface area (Å²) in [4.78, 5) is 2.45. The highest BCUT2D eigenvalue weighted by atomic mass is 16.3. The van der Waals surface area contributed by atoms with Gasteiger partial charge >= 0.3 is 0 Å². The molecule has 0 N–H and O–H groups in total. The third kappa shape index (κ3) is 3.75. The molecule has 9 rings (SSSR count). The van der Waals surface area contributed by atoms with Gasteiger partial charge in [-0.1, -0.05) is 140 Å². The molecule has 0 amide bonds. The monoisotopic (exact) mass is 561 g/mol. The Kier molecular flexibility index (Phi) is 5.54. The molecule has 44 heavy (non-hydrogen) atoms. The van der Waals surface area contributed by atoms with Crippen LogP contribution in [0.25, 0.3) is 65.4 Å². The molecule has 9 aromatic rings. The van der Waals surface area contributed by atoms with Crippen molar-refractivity contribution < 1.29 is 4.42 Å². The second kappa shape index (κ2) is 9.86. The Morgan fingerprint density at radius 1 is 0.386 bits per heavy atom. The van der Waals surface area contributed by atoms with E-state index in [1.165, 1.54) is 32.7 Å². The van der Waals surface area contributed by atoms with Crippen molar-refractivity contribution in [2.75, 3.05) is 4.90 Å². The van der Waals surface area contributed by atoms with Crippen LogP contribution in [0.15, 0.2) is 168 Å². The van der Waals surface area contributed by atoms with Crippen LogP contribution in [-0.4, -0.2) is 0 Å². The van der Waals surface area contributed by atoms with Crippen molar-refractivity contribution in [1.29, 1.82) is 0 Å². The molecule has 0 fully saturated rings. The van der Waals surface area contributed by atoms with Crippen molar-refractivity contribution in [3.63, 3.8) is 0 Å². The molecule has 0 bridgehead atoms. The molecule has 0 aliphatic carbocycles. The van der Waals surface area contributed by atoms with E-state index in [1.807, 2.05) is 0 Å². The summed E-state index contributed by atoms with van der Waals surface area (Å²) in [5, 5.41) is 9.31. The number of hydrogen-bond acceptors (Lipinski definition) is 2. The second-order valence-corrected chi connectivity index (χ2v) is 11.3. The van der Waals surface area contributed by atoms with Gasteiger partial charge in [0.15, 0.2) is 0 Å². The zero-order valence-electron chi connectivity index (χ0n) is 23.9. The summed E-state index contributed by atoms with van der Waals surface area (Å²) in [7, 11) is 0. The fourth-order valence-electron chi connectivity index (χ4n) is 6.87. The van der Waals surface area contributed by atoms with Crippen LogP contribution >= 0.6 is 0 Å². The van der Waals surface area contributed by atoms with Gasteiger partial charge in [-0.05, 0) is 46.2 Å².